The first-order valence-electron chi connectivity index (χ1n) is 15.3. The molecule has 0 radical (unpaired) electrons. The van der Waals surface area contributed by atoms with E-state index in [2.05, 4.69) is 32.3 Å². The first-order valence-corrected chi connectivity index (χ1v) is 16.1. The number of carbonyl (C=O) groups excluding carboxylic acids is 1. The number of fused-ring (bicyclic) bond motifs is 2. The molecular weight excluding hydrogens is 614 g/mol. The Morgan fingerprint density at radius 2 is 1.57 bits per heavy atom. The second-order valence-electron chi connectivity index (χ2n) is 11.2. The van der Waals surface area contributed by atoms with Crippen molar-refractivity contribution in [3.05, 3.63) is 109 Å². The number of para-hydroxylation sites is 1. The standard InChI is InChI=1S/C35H29N7O4S/c1-44-27-16-12-26(13-17-27)40-20-18-29(19-21-40)45-28-14-10-24(11-15-28)33-38-41-32(22-36-35(41)47-33)23-6-8-25(9-7-23)34(43)46-42-31-5-3-2-4-30(31)37-39-42/h2-17,22,29H,18-21H2,1H3. The third-order valence-corrected chi connectivity index (χ3v) is 9.25. The van der Waals surface area contributed by atoms with Gasteiger partial charge in [-0.05, 0) is 78.0 Å². The maximum absolute atomic E-state index is 12.8. The van der Waals surface area contributed by atoms with Gasteiger partial charge in [-0.2, -0.15) is 5.10 Å². The molecule has 1 saturated heterocycles. The number of rotatable bonds is 8. The van der Waals surface area contributed by atoms with Crippen molar-refractivity contribution in [3.63, 3.8) is 0 Å². The number of carbonyl (C=O) groups is 1. The van der Waals surface area contributed by atoms with Crippen LogP contribution in [0.1, 0.15) is 23.2 Å². The monoisotopic (exact) mass is 643 g/mol. The van der Waals surface area contributed by atoms with Crippen LogP contribution in [-0.4, -0.2) is 62.0 Å². The highest BCUT2D eigenvalue weighted by atomic mass is 32.1. The summed E-state index contributed by atoms with van der Waals surface area (Å²) in [5.41, 5.74) is 5.55. The second kappa shape index (κ2) is 12.2. The number of piperidine rings is 1. The van der Waals surface area contributed by atoms with Gasteiger partial charge in [-0.15, -0.1) is 5.10 Å². The van der Waals surface area contributed by atoms with Crippen LogP contribution in [0, 0.1) is 0 Å². The molecule has 0 unspecified atom stereocenters. The normalized spacial score (nSPS) is 13.7. The zero-order valence-corrected chi connectivity index (χ0v) is 26.2. The van der Waals surface area contributed by atoms with Gasteiger partial charge in [0.1, 0.15) is 33.6 Å². The molecule has 0 N–H and O–H groups in total. The average Bonchev–Trinajstić information content (AvgIpc) is 3.84. The van der Waals surface area contributed by atoms with Gasteiger partial charge in [0.2, 0.25) is 4.96 Å². The van der Waals surface area contributed by atoms with E-state index in [1.54, 1.807) is 37.6 Å². The minimum Gasteiger partial charge on any atom is -0.497 e. The van der Waals surface area contributed by atoms with E-state index in [0.29, 0.717) is 16.6 Å². The van der Waals surface area contributed by atoms with Gasteiger partial charge in [-0.3, -0.25) is 0 Å². The molecule has 11 nitrogen and oxygen atoms in total. The molecule has 0 atom stereocenters. The number of nitrogens with zero attached hydrogens (tertiary/aromatic N) is 7. The molecule has 0 spiro atoms. The number of hydrogen-bond donors (Lipinski definition) is 0. The van der Waals surface area contributed by atoms with Gasteiger partial charge >= 0.3 is 5.97 Å². The third-order valence-electron chi connectivity index (χ3n) is 8.28. The van der Waals surface area contributed by atoms with Crippen molar-refractivity contribution >= 4 is 39.0 Å². The summed E-state index contributed by atoms with van der Waals surface area (Å²) in [6.45, 7) is 1.90. The van der Waals surface area contributed by atoms with E-state index in [-0.39, 0.29) is 6.10 Å². The Morgan fingerprint density at radius 1 is 0.851 bits per heavy atom. The van der Waals surface area contributed by atoms with Crippen molar-refractivity contribution in [1.29, 1.82) is 0 Å². The minimum atomic E-state index is -0.534. The fourth-order valence-electron chi connectivity index (χ4n) is 5.72. The van der Waals surface area contributed by atoms with Crippen LogP contribution in [0.3, 0.4) is 0 Å². The summed E-state index contributed by atoms with van der Waals surface area (Å²) in [5, 5.41) is 13.7. The minimum absolute atomic E-state index is 0.178. The fourth-order valence-corrected chi connectivity index (χ4v) is 6.60. The number of anilines is 1. The van der Waals surface area contributed by atoms with E-state index in [4.69, 9.17) is 19.4 Å². The Bertz CT molecular complexity index is 2160. The van der Waals surface area contributed by atoms with Crippen LogP contribution in [0.15, 0.2) is 103 Å². The van der Waals surface area contributed by atoms with Crippen molar-refractivity contribution in [2.45, 2.75) is 18.9 Å². The second-order valence-corrected chi connectivity index (χ2v) is 12.1. The van der Waals surface area contributed by atoms with Gasteiger partial charge in [0.15, 0.2) is 0 Å². The molecule has 0 saturated carbocycles. The number of hydrogen-bond acceptors (Lipinski definition) is 10. The molecule has 1 fully saturated rings. The third kappa shape index (κ3) is 5.74. The van der Waals surface area contributed by atoms with E-state index in [1.807, 2.05) is 65.2 Å². The smallest absolute Gasteiger partial charge is 0.365 e. The summed E-state index contributed by atoms with van der Waals surface area (Å²) in [4.78, 5) is 27.1. The Morgan fingerprint density at radius 3 is 2.34 bits per heavy atom. The molecule has 1 aliphatic heterocycles. The van der Waals surface area contributed by atoms with Crippen molar-refractivity contribution < 1.29 is 19.1 Å². The predicted molar refractivity (Wildman–Crippen MR) is 179 cm³/mol. The van der Waals surface area contributed by atoms with Crippen molar-refractivity contribution in [3.8, 4) is 33.3 Å². The van der Waals surface area contributed by atoms with Gasteiger partial charge in [-0.1, -0.05) is 40.4 Å². The molecular formula is C35H29N7O4S. The van der Waals surface area contributed by atoms with Crippen LogP contribution < -0.4 is 19.2 Å². The molecule has 0 bridgehead atoms. The number of aromatic nitrogens is 6. The zero-order valence-electron chi connectivity index (χ0n) is 25.4. The van der Waals surface area contributed by atoms with Gasteiger partial charge in [-0.25, -0.2) is 14.3 Å². The van der Waals surface area contributed by atoms with Gasteiger partial charge in [0.25, 0.3) is 0 Å². The molecule has 3 aromatic heterocycles. The lowest BCUT2D eigenvalue weighted by atomic mass is 10.1. The summed E-state index contributed by atoms with van der Waals surface area (Å²) in [5.74, 6) is 1.19. The fraction of sp³-hybridized carbons (Fsp3) is 0.171. The van der Waals surface area contributed by atoms with Crippen molar-refractivity contribution in [2.24, 2.45) is 0 Å². The molecule has 8 rings (SSSR count). The first-order chi connectivity index (χ1) is 23.1. The highest BCUT2D eigenvalue weighted by molar-refractivity contribution is 7.19. The molecule has 47 heavy (non-hydrogen) atoms. The van der Waals surface area contributed by atoms with Gasteiger partial charge in [0.05, 0.1) is 24.6 Å². The van der Waals surface area contributed by atoms with Gasteiger partial charge < -0.3 is 19.2 Å². The largest absolute Gasteiger partial charge is 0.497 e. The van der Waals surface area contributed by atoms with Crippen molar-refractivity contribution in [2.75, 3.05) is 25.1 Å². The molecule has 234 valence electrons. The highest BCUT2D eigenvalue weighted by Crippen LogP contribution is 2.31. The van der Waals surface area contributed by atoms with Crippen LogP contribution in [0.2, 0.25) is 0 Å². The summed E-state index contributed by atoms with van der Waals surface area (Å²) in [6.07, 6.45) is 3.88. The average molecular weight is 644 g/mol. The van der Waals surface area contributed by atoms with Crippen LogP contribution in [0.5, 0.6) is 11.5 Å². The zero-order chi connectivity index (χ0) is 31.7. The van der Waals surface area contributed by atoms with Crippen LogP contribution in [0.25, 0.3) is 37.8 Å². The SMILES string of the molecule is COc1ccc(N2CCC(Oc3ccc(-c4nn5c(-c6ccc(C(=O)On7nnc8ccccc87)cc6)cnc5s4)cc3)CC2)cc1. The van der Waals surface area contributed by atoms with Crippen LogP contribution >= 0.6 is 11.3 Å². The van der Waals surface area contributed by atoms with Crippen molar-refractivity contribution in [1.82, 2.24) is 29.8 Å². The predicted octanol–water partition coefficient (Wildman–Crippen LogP) is 6.19. The lowest BCUT2D eigenvalue weighted by Crippen LogP contribution is -2.38. The molecule has 12 heteroatoms. The number of imidazole rings is 1. The first kappa shape index (κ1) is 28.7. The number of benzene rings is 4. The summed E-state index contributed by atoms with van der Waals surface area (Å²) in [7, 11) is 1.68. The Balaban J connectivity index is 0.908. The van der Waals surface area contributed by atoms with E-state index in [9.17, 15) is 4.79 Å². The molecule has 0 aliphatic carbocycles. The summed E-state index contributed by atoms with van der Waals surface area (Å²) in [6, 6.07) is 30.7. The summed E-state index contributed by atoms with van der Waals surface area (Å²) >= 11 is 1.52. The quantitative estimate of drug-likeness (QED) is 0.179. The van der Waals surface area contributed by atoms with E-state index >= 15 is 0 Å². The lowest BCUT2D eigenvalue weighted by Gasteiger charge is -2.33. The topological polar surface area (TPSA) is 109 Å². The Hall–Kier alpha value is -5.75. The Kier molecular flexibility index (Phi) is 7.46. The molecule has 7 aromatic rings. The molecule has 1 aliphatic rings. The van der Waals surface area contributed by atoms with E-state index in [0.717, 1.165) is 69.1 Å². The maximum atomic E-state index is 12.8. The molecule has 4 heterocycles. The number of methoxy groups -OCH3 is 1. The van der Waals surface area contributed by atoms with Crippen LogP contribution in [-0.2, 0) is 0 Å². The highest BCUT2D eigenvalue weighted by Gasteiger charge is 2.21. The number of ether oxygens (including phenoxy) is 2. The maximum Gasteiger partial charge on any atom is 0.365 e. The molecule has 0 amide bonds. The molecule has 4 aromatic carbocycles. The van der Waals surface area contributed by atoms with E-state index < -0.39 is 5.97 Å². The summed E-state index contributed by atoms with van der Waals surface area (Å²) < 4.78 is 13.4. The van der Waals surface area contributed by atoms with Gasteiger partial charge in [0, 0.05) is 42.7 Å². The lowest BCUT2D eigenvalue weighted by molar-refractivity contribution is 0.0409. The Labute approximate surface area is 273 Å². The van der Waals surface area contributed by atoms with Crippen LogP contribution in [0.4, 0.5) is 5.69 Å². The van der Waals surface area contributed by atoms with E-state index in [1.165, 1.54) is 17.0 Å².